The highest BCUT2D eigenvalue weighted by molar-refractivity contribution is 5.97. The lowest BCUT2D eigenvalue weighted by Crippen LogP contribution is -2.39. The molecular weight excluding hydrogens is 332 g/mol. The molecule has 0 bridgehead atoms. The van der Waals surface area contributed by atoms with Gasteiger partial charge in [-0.1, -0.05) is 30.3 Å². The van der Waals surface area contributed by atoms with Crippen molar-refractivity contribution < 1.29 is 19.1 Å². The van der Waals surface area contributed by atoms with Crippen LogP contribution >= 0.6 is 0 Å². The van der Waals surface area contributed by atoms with Gasteiger partial charge in [-0.05, 0) is 36.6 Å². The van der Waals surface area contributed by atoms with E-state index in [2.05, 4.69) is 5.32 Å². The fraction of sp³-hybridized carbons (Fsp3) is 0.300. The van der Waals surface area contributed by atoms with Crippen LogP contribution < -0.4 is 14.8 Å². The number of hydrogen-bond donors (Lipinski definition) is 1. The highest BCUT2D eigenvalue weighted by Crippen LogP contribution is 2.33. The molecule has 2 aromatic rings. The van der Waals surface area contributed by atoms with Gasteiger partial charge in [0.15, 0.2) is 11.5 Å². The first-order valence-electron chi connectivity index (χ1n) is 8.74. The van der Waals surface area contributed by atoms with Crippen molar-refractivity contribution in [2.45, 2.75) is 18.9 Å². The summed E-state index contributed by atoms with van der Waals surface area (Å²) in [5.74, 6) is 0.811. The maximum Gasteiger partial charge on any atom is 0.251 e. The summed E-state index contributed by atoms with van der Waals surface area (Å²) in [6, 6.07) is 15.1. The molecule has 1 atom stereocenters. The van der Waals surface area contributed by atoms with E-state index in [0.717, 1.165) is 24.9 Å². The van der Waals surface area contributed by atoms with E-state index in [1.54, 1.807) is 18.2 Å². The van der Waals surface area contributed by atoms with E-state index in [-0.39, 0.29) is 31.2 Å². The highest BCUT2D eigenvalue weighted by Gasteiger charge is 2.29. The number of rotatable bonds is 4. The van der Waals surface area contributed by atoms with Gasteiger partial charge in [-0.25, -0.2) is 0 Å². The van der Waals surface area contributed by atoms with Gasteiger partial charge in [0, 0.05) is 12.1 Å². The highest BCUT2D eigenvalue weighted by atomic mass is 16.7. The molecule has 2 aliphatic heterocycles. The second-order valence-electron chi connectivity index (χ2n) is 6.41. The van der Waals surface area contributed by atoms with E-state index in [1.807, 2.05) is 35.2 Å². The van der Waals surface area contributed by atoms with E-state index in [4.69, 9.17) is 9.47 Å². The molecule has 0 aliphatic carbocycles. The Morgan fingerprint density at radius 2 is 1.88 bits per heavy atom. The van der Waals surface area contributed by atoms with E-state index >= 15 is 0 Å². The van der Waals surface area contributed by atoms with E-state index in [1.165, 1.54) is 0 Å². The van der Waals surface area contributed by atoms with Crippen LogP contribution in [0.3, 0.4) is 0 Å². The lowest BCUT2D eigenvalue weighted by Gasteiger charge is -2.25. The van der Waals surface area contributed by atoms with Crippen LogP contribution in [0.4, 0.5) is 0 Å². The van der Waals surface area contributed by atoms with Crippen LogP contribution in [0.5, 0.6) is 11.5 Å². The number of carbonyl (C=O) groups excluding carboxylic acids is 2. The van der Waals surface area contributed by atoms with Gasteiger partial charge in [0.2, 0.25) is 12.7 Å². The third kappa shape index (κ3) is 3.22. The predicted octanol–water partition coefficient (Wildman–Crippen LogP) is 2.51. The standard InChI is InChI=1S/C20H20N2O4/c23-19(22-10-4-7-16(22)14-5-2-1-3-6-14)12-21-20(24)15-8-9-17-18(11-15)26-13-25-17/h1-3,5-6,8-9,11,16H,4,7,10,12-13H2,(H,21,24). The van der Waals surface area contributed by atoms with Crippen LogP contribution in [-0.4, -0.2) is 36.6 Å². The number of hydrogen-bond acceptors (Lipinski definition) is 4. The van der Waals surface area contributed by atoms with Gasteiger partial charge < -0.3 is 19.7 Å². The monoisotopic (exact) mass is 352 g/mol. The molecule has 2 heterocycles. The summed E-state index contributed by atoms with van der Waals surface area (Å²) in [4.78, 5) is 26.8. The molecule has 6 nitrogen and oxygen atoms in total. The van der Waals surface area contributed by atoms with Crippen LogP contribution in [0.15, 0.2) is 48.5 Å². The third-order valence-electron chi connectivity index (χ3n) is 4.79. The van der Waals surface area contributed by atoms with Crippen molar-refractivity contribution in [2.75, 3.05) is 19.9 Å². The molecule has 2 aliphatic rings. The summed E-state index contributed by atoms with van der Waals surface area (Å²) in [7, 11) is 0. The molecule has 0 radical (unpaired) electrons. The number of likely N-dealkylation sites (tertiary alicyclic amines) is 1. The second kappa shape index (κ2) is 7.07. The van der Waals surface area contributed by atoms with Crippen LogP contribution in [0, 0.1) is 0 Å². The van der Waals surface area contributed by atoms with Crippen molar-refractivity contribution in [2.24, 2.45) is 0 Å². The number of benzene rings is 2. The molecule has 26 heavy (non-hydrogen) atoms. The molecule has 2 aromatic carbocycles. The predicted molar refractivity (Wildman–Crippen MR) is 95.0 cm³/mol. The molecule has 6 heteroatoms. The Kier molecular flexibility index (Phi) is 4.48. The molecular formula is C20H20N2O4. The Bertz CT molecular complexity index is 822. The number of ether oxygens (including phenoxy) is 2. The fourth-order valence-corrected chi connectivity index (χ4v) is 3.48. The Labute approximate surface area is 151 Å². The van der Waals surface area contributed by atoms with E-state index < -0.39 is 0 Å². The molecule has 134 valence electrons. The Morgan fingerprint density at radius 1 is 1.08 bits per heavy atom. The summed E-state index contributed by atoms with van der Waals surface area (Å²) in [6.07, 6.45) is 1.92. The zero-order valence-electron chi connectivity index (χ0n) is 14.3. The lowest BCUT2D eigenvalue weighted by molar-refractivity contribution is -0.131. The molecule has 0 saturated carbocycles. The molecule has 1 fully saturated rings. The van der Waals surface area contributed by atoms with Crippen LogP contribution in [-0.2, 0) is 4.79 Å². The van der Waals surface area contributed by atoms with E-state index in [0.29, 0.717) is 17.1 Å². The molecule has 1 N–H and O–H groups in total. The average molecular weight is 352 g/mol. The number of nitrogens with one attached hydrogen (secondary N) is 1. The third-order valence-corrected chi connectivity index (χ3v) is 4.79. The van der Waals surface area contributed by atoms with Crippen molar-refractivity contribution in [3.05, 3.63) is 59.7 Å². The summed E-state index contributed by atoms with van der Waals surface area (Å²) >= 11 is 0. The zero-order chi connectivity index (χ0) is 17.9. The molecule has 4 rings (SSSR count). The topological polar surface area (TPSA) is 67.9 Å². The Balaban J connectivity index is 1.38. The minimum Gasteiger partial charge on any atom is -0.454 e. The summed E-state index contributed by atoms with van der Waals surface area (Å²) in [5.41, 5.74) is 1.59. The van der Waals surface area contributed by atoms with Crippen molar-refractivity contribution in [1.82, 2.24) is 10.2 Å². The van der Waals surface area contributed by atoms with Crippen molar-refractivity contribution in [1.29, 1.82) is 0 Å². The van der Waals surface area contributed by atoms with Crippen molar-refractivity contribution in [3.63, 3.8) is 0 Å². The smallest absolute Gasteiger partial charge is 0.251 e. The zero-order valence-corrected chi connectivity index (χ0v) is 14.3. The summed E-state index contributed by atoms with van der Waals surface area (Å²) in [6.45, 7) is 0.865. The maximum atomic E-state index is 12.6. The molecule has 1 saturated heterocycles. The van der Waals surface area contributed by atoms with Gasteiger partial charge in [-0.3, -0.25) is 9.59 Å². The fourth-order valence-electron chi connectivity index (χ4n) is 3.48. The molecule has 1 unspecified atom stereocenters. The average Bonchev–Trinajstić information content (AvgIpc) is 3.35. The summed E-state index contributed by atoms with van der Waals surface area (Å²) < 4.78 is 10.5. The van der Waals surface area contributed by atoms with Crippen LogP contribution in [0.25, 0.3) is 0 Å². The van der Waals surface area contributed by atoms with Gasteiger partial charge in [-0.2, -0.15) is 0 Å². The van der Waals surface area contributed by atoms with Gasteiger partial charge in [0.25, 0.3) is 5.91 Å². The second-order valence-corrected chi connectivity index (χ2v) is 6.41. The van der Waals surface area contributed by atoms with Crippen LogP contribution in [0.1, 0.15) is 34.8 Å². The van der Waals surface area contributed by atoms with Gasteiger partial charge in [-0.15, -0.1) is 0 Å². The maximum absolute atomic E-state index is 12.6. The summed E-state index contributed by atoms with van der Waals surface area (Å²) in [5, 5.41) is 2.71. The largest absolute Gasteiger partial charge is 0.454 e. The Hall–Kier alpha value is -3.02. The van der Waals surface area contributed by atoms with Gasteiger partial charge in [0.1, 0.15) is 0 Å². The lowest BCUT2D eigenvalue weighted by atomic mass is 10.0. The van der Waals surface area contributed by atoms with Crippen molar-refractivity contribution in [3.8, 4) is 11.5 Å². The van der Waals surface area contributed by atoms with E-state index in [9.17, 15) is 9.59 Å². The Morgan fingerprint density at radius 3 is 2.73 bits per heavy atom. The minimum absolute atomic E-state index is 0.0173. The molecule has 0 spiro atoms. The van der Waals surface area contributed by atoms with Gasteiger partial charge in [0.05, 0.1) is 12.6 Å². The van der Waals surface area contributed by atoms with Gasteiger partial charge >= 0.3 is 0 Å². The van der Waals surface area contributed by atoms with Crippen molar-refractivity contribution >= 4 is 11.8 Å². The number of amides is 2. The minimum atomic E-state index is -0.299. The number of nitrogens with zero attached hydrogens (tertiary/aromatic N) is 1. The molecule has 2 amide bonds. The first-order chi connectivity index (χ1) is 12.7. The van der Waals surface area contributed by atoms with Crippen LogP contribution in [0.2, 0.25) is 0 Å². The number of carbonyl (C=O) groups is 2. The first kappa shape index (κ1) is 16.4. The molecule has 0 aromatic heterocycles. The number of fused-ring (bicyclic) bond motifs is 1. The normalized spacial score (nSPS) is 18.0. The SMILES string of the molecule is O=C(NCC(=O)N1CCCC1c1ccccc1)c1ccc2c(c1)OCO2. The first-order valence-corrected chi connectivity index (χ1v) is 8.74. The quantitative estimate of drug-likeness (QED) is 0.918.